The number of hydrogen-bond donors (Lipinski definition) is 3. The van der Waals surface area contributed by atoms with E-state index in [0.717, 1.165) is 35.2 Å². The molecule has 4 nitrogen and oxygen atoms in total. The third-order valence-electron chi connectivity index (χ3n) is 4.56. The first-order valence-corrected chi connectivity index (χ1v) is 9.61. The normalized spacial score (nSPS) is 11.4. The molecule has 30 heavy (non-hydrogen) atoms. The summed E-state index contributed by atoms with van der Waals surface area (Å²) in [6, 6.07) is 18.8. The van der Waals surface area contributed by atoms with Crippen LogP contribution in [-0.2, 0) is 13.2 Å². The molecule has 0 aliphatic carbocycles. The van der Waals surface area contributed by atoms with Crippen molar-refractivity contribution in [1.29, 1.82) is 0 Å². The molecule has 3 aromatic carbocycles. The maximum Gasteiger partial charge on any atom is 0.129 e. The summed E-state index contributed by atoms with van der Waals surface area (Å²) < 4.78 is 19.9. The molecule has 3 aromatic rings. The van der Waals surface area contributed by atoms with Crippen molar-refractivity contribution in [2.24, 2.45) is 0 Å². The summed E-state index contributed by atoms with van der Waals surface area (Å²) in [6.45, 7) is 4.70. The first-order valence-electron chi connectivity index (χ1n) is 9.61. The highest BCUT2D eigenvalue weighted by atomic mass is 35.5. The molecule has 0 fully saturated rings. The molecule has 164 valence electrons. The summed E-state index contributed by atoms with van der Waals surface area (Å²) in [6.07, 6.45) is -0.351. The average Bonchev–Trinajstić information content (AvgIpc) is 2.70. The highest BCUT2D eigenvalue weighted by Gasteiger charge is 2.10. The van der Waals surface area contributed by atoms with Gasteiger partial charge in [-0.15, -0.1) is 0 Å². The quantitative estimate of drug-likeness (QED) is 0.301. The maximum absolute atomic E-state index is 13.9. The van der Waals surface area contributed by atoms with Gasteiger partial charge in [0.15, 0.2) is 0 Å². The van der Waals surface area contributed by atoms with Crippen LogP contribution >= 0.6 is 0 Å². The highest BCUT2D eigenvalue weighted by molar-refractivity contribution is 5.87. The predicted octanol–water partition coefficient (Wildman–Crippen LogP) is -2.37. The van der Waals surface area contributed by atoms with E-state index in [1.807, 2.05) is 30.3 Å². The van der Waals surface area contributed by atoms with Gasteiger partial charge in [0.25, 0.3) is 0 Å². The molecule has 0 saturated carbocycles. The van der Waals surface area contributed by atoms with Gasteiger partial charge in [-0.1, -0.05) is 48.5 Å². The van der Waals surface area contributed by atoms with Gasteiger partial charge in [0.2, 0.25) is 0 Å². The summed E-state index contributed by atoms with van der Waals surface area (Å²) in [5.74, 6) is 0.499. The summed E-state index contributed by atoms with van der Waals surface area (Å²) in [4.78, 5) is 0. The van der Waals surface area contributed by atoms with Crippen LogP contribution in [0.25, 0.3) is 10.8 Å². The third kappa shape index (κ3) is 7.42. The summed E-state index contributed by atoms with van der Waals surface area (Å²) in [7, 11) is 0. The molecular weight excluding hydrogens is 426 g/mol. The Hall–Kier alpha value is -1.89. The number of hydrogen-bond acceptors (Lipinski definition) is 4. The van der Waals surface area contributed by atoms with Gasteiger partial charge < -0.3 is 45.3 Å². The topological polar surface area (TPSA) is 53.5 Å². The molecule has 1 atom stereocenters. The van der Waals surface area contributed by atoms with Gasteiger partial charge in [-0.2, -0.15) is 0 Å². The van der Waals surface area contributed by atoms with Crippen molar-refractivity contribution in [2.45, 2.75) is 26.2 Å². The molecule has 3 rings (SSSR count). The fraction of sp³-hybridized carbons (Fsp3) is 0.304. The van der Waals surface area contributed by atoms with E-state index in [9.17, 15) is 9.50 Å². The van der Waals surface area contributed by atoms with Crippen molar-refractivity contribution >= 4 is 10.8 Å². The first-order chi connectivity index (χ1) is 13.6. The van der Waals surface area contributed by atoms with Crippen LogP contribution in [0.4, 0.5) is 4.39 Å². The SMILES string of the molecule is CC(O)CNCCNCc1c(OCc2ccccc2F)ccc2ccccc12.[Cl-].[Cl-]. The Morgan fingerprint density at radius 2 is 1.63 bits per heavy atom. The summed E-state index contributed by atoms with van der Waals surface area (Å²) in [5, 5.41) is 18.2. The standard InChI is InChI=1S/C23H27FN2O2.2ClH/c1-17(27)14-25-12-13-26-15-21-20-8-4-2-6-18(20)10-11-23(21)28-16-19-7-3-5-9-22(19)24;;/h2-11,17,25-27H,12-16H2,1H3;2*1H/p-2. The number of halogens is 3. The molecule has 0 bridgehead atoms. The van der Waals surface area contributed by atoms with Crippen molar-refractivity contribution in [3.8, 4) is 5.75 Å². The molecular formula is C23H27Cl2FN2O2-2. The second-order valence-electron chi connectivity index (χ2n) is 6.87. The first kappa shape index (κ1) is 26.1. The Bertz CT molecular complexity index is 909. The summed E-state index contributed by atoms with van der Waals surface area (Å²) in [5.41, 5.74) is 1.60. The van der Waals surface area contributed by atoms with E-state index in [4.69, 9.17) is 4.74 Å². The molecule has 0 spiro atoms. The fourth-order valence-corrected chi connectivity index (χ4v) is 3.11. The number of ether oxygens (including phenoxy) is 1. The summed E-state index contributed by atoms with van der Waals surface area (Å²) >= 11 is 0. The molecule has 0 aliphatic heterocycles. The second kappa shape index (κ2) is 13.4. The van der Waals surface area contributed by atoms with Gasteiger partial charge in [-0.3, -0.25) is 0 Å². The van der Waals surface area contributed by atoms with E-state index < -0.39 is 0 Å². The van der Waals surface area contributed by atoms with Crippen molar-refractivity contribution in [2.75, 3.05) is 19.6 Å². The zero-order valence-electron chi connectivity index (χ0n) is 16.9. The van der Waals surface area contributed by atoms with E-state index in [1.54, 1.807) is 19.1 Å². The Morgan fingerprint density at radius 1 is 0.933 bits per heavy atom. The monoisotopic (exact) mass is 452 g/mol. The van der Waals surface area contributed by atoms with Crippen molar-refractivity contribution in [3.05, 3.63) is 77.6 Å². The van der Waals surface area contributed by atoms with Crippen molar-refractivity contribution in [1.82, 2.24) is 10.6 Å². The van der Waals surface area contributed by atoms with Gasteiger partial charge in [0.1, 0.15) is 18.2 Å². The van der Waals surface area contributed by atoms with Crippen LogP contribution in [0.5, 0.6) is 5.75 Å². The van der Waals surface area contributed by atoms with E-state index in [-0.39, 0.29) is 43.3 Å². The minimum Gasteiger partial charge on any atom is -1.00 e. The second-order valence-corrected chi connectivity index (χ2v) is 6.87. The average molecular weight is 453 g/mol. The number of nitrogens with one attached hydrogen (secondary N) is 2. The van der Waals surface area contributed by atoms with Crippen LogP contribution in [0.3, 0.4) is 0 Å². The predicted molar refractivity (Wildman–Crippen MR) is 111 cm³/mol. The Labute approximate surface area is 189 Å². The van der Waals surface area contributed by atoms with Crippen LogP contribution in [0.1, 0.15) is 18.1 Å². The molecule has 3 N–H and O–H groups in total. The van der Waals surface area contributed by atoms with Crippen LogP contribution in [0, 0.1) is 5.82 Å². The van der Waals surface area contributed by atoms with E-state index >= 15 is 0 Å². The Kier molecular flexibility index (Phi) is 11.7. The van der Waals surface area contributed by atoms with Crippen molar-refractivity contribution < 1.29 is 39.0 Å². The lowest BCUT2D eigenvalue weighted by atomic mass is 10.0. The van der Waals surface area contributed by atoms with Crippen LogP contribution in [0.2, 0.25) is 0 Å². The minimum atomic E-state index is -0.351. The van der Waals surface area contributed by atoms with Gasteiger partial charge in [0.05, 0.1) is 6.10 Å². The lowest BCUT2D eigenvalue weighted by molar-refractivity contribution is -0.001000. The lowest BCUT2D eigenvalue weighted by Crippen LogP contribution is -3.00. The molecule has 0 aliphatic rings. The van der Waals surface area contributed by atoms with Gasteiger partial charge in [0, 0.05) is 37.3 Å². The zero-order valence-corrected chi connectivity index (χ0v) is 18.4. The molecule has 0 aromatic heterocycles. The molecule has 0 radical (unpaired) electrons. The van der Waals surface area contributed by atoms with E-state index in [2.05, 4.69) is 22.8 Å². The number of fused-ring (bicyclic) bond motifs is 1. The smallest absolute Gasteiger partial charge is 0.129 e. The Morgan fingerprint density at radius 3 is 2.40 bits per heavy atom. The fourth-order valence-electron chi connectivity index (χ4n) is 3.11. The lowest BCUT2D eigenvalue weighted by Gasteiger charge is -2.16. The third-order valence-corrected chi connectivity index (χ3v) is 4.56. The van der Waals surface area contributed by atoms with Crippen LogP contribution in [-0.4, -0.2) is 30.8 Å². The number of benzene rings is 3. The van der Waals surface area contributed by atoms with Gasteiger partial charge in [-0.25, -0.2) is 4.39 Å². The maximum atomic E-state index is 13.9. The van der Waals surface area contributed by atoms with Crippen LogP contribution < -0.4 is 40.2 Å². The van der Waals surface area contributed by atoms with Gasteiger partial charge in [-0.05, 0) is 29.8 Å². The largest absolute Gasteiger partial charge is 1.00 e. The van der Waals surface area contributed by atoms with E-state index in [0.29, 0.717) is 18.7 Å². The highest BCUT2D eigenvalue weighted by Crippen LogP contribution is 2.29. The van der Waals surface area contributed by atoms with Gasteiger partial charge >= 0.3 is 0 Å². The molecule has 0 saturated heterocycles. The molecule has 0 heterocycles. The zero-order chi connectivity index (χ0) is 19.8. The molecule has 7 heteroatoms. The van der Waals surface area contributed by atoms with Crippen molar-refractivity contribution in [3.63, 3.8) is 0 Å². The Balaban J connectivity index is 0.00000225. The van der Waals surface area contributed by atoms with E-state index in [1.165, 1.54) is 6.07 Å². The van der Waals surface area contributed by atoms with Crippen LogP contribution in [0.15, 0.2) is 60.7 Å². The molecule has 0 amide bonds. The number of aliphatic hydroxyl groups excluding tert-OH is 1. The minimum absolute atomic E-state index is 0. The number of aliphatic hydroxyl groups is 1. The molecule has 1 unspecified atom stereocenters. The number of rotatable bonds is 10.